The third-order valence-corrected chi connectivity index (χ3v) is 5.62. The highest BCUT2D eigenvalue weighted by Crippen LogP contribution is 2.36. The number of carbonyl (C=O) groups is 1. The molecule has 6 nitrogen and oxygen atoms in total. The third-order valence-electron chi connectivity index (χ3n) is 4.87. The number of aromatic nitrogens is 3. The summed E-state index contributed by atoms with van der Waals surface area (Å²) < 4.78 is 1.81. The summed E-state index contributed by atoms with van der Waals surface area (Å²) in [6.07, 6.45) is 3.57. The van der Waals surface area contributed by atoms with Crippen molar-refractivity contribution in [3.8, 4) is 0 Å². The van der Waals surface area contributed by atoms with Gasteiger partial charge < -0.3 is 10.6 Å². The predicted octanol–water partition coefficient (Wildman–Crippen LogP) is 3.66. The highest BCUT2D eigenvalue weighted by Gasteiger charge is 2.41. The molecule has 3 aromatic rings. The molecule has 0 spiro atoms. The average Bonchev–Trinajstić information content (AvgIpc) is 3.15. The minimum atomic E-state index is -0.334. The van der Waals surface area contributed by atoms with Crippen LogP contribution in [0.15, 0.2) is 65.8 Å². The van der Waals surface area contributed by atoms with Gasteiger partial charge in [0.15, 0.2) is 0 Å². The molecule has 2 heterocycles. The van der Waals surface area contributed by atoms with Crippen LogP contribution in [0.3, 0.4) is 0 Å². The van der Waals surface area contributed by atoms with Crippen LogP contribution in [0.1, 0.15) is 18.5 Å². The Hall–Kier alpha value is -2.80. The topological polar surface area (TPSA) is 71.8 Å². The van der Waals surface area contributed by atoms with Crippen molar-refractivity contribution in [2.75, 3.05) is 16.9 Å². The van der Waals surface area contributed by atoms with Gasteiger partial charge in [-0.05, 0) is 43.0 Å². The van der Waals surface area contributed by atoms with Crippen molar-refractivity contribution >= 4 is 29.3 Å². The van der Waals surface area contributed by atoms with Crippen LogP contribution in [-0.2, 0) is 4.79 Å². The second kappa shape index (κ2) is 7.44. The van der Waals surface area contributed by atoms with E-state index in [1.807, 2.05) is 48.2 Å². The Labute approximate surface area is 162 Å². The van der Waals surface area contributed by atoms with Crippen molar-refractivity contribution in [1.29, 1.82) is 0 Å². The first-order valence-corrected chi connectivity index (χ1v) is 10.1. The average molecular weight is 379 g/mol. The van der Waals surface area contributed by atoms with Gasteiger partial charge in [0.1, 0.15) is 6.33 Å². The van der Waals surface area contributed by atoms with Gasteiger partial charge in [-0.1, -0.05) is 30.3 Å². The van der Waals surface area contributed by atoms with Gasteiger partial charge in [0.2, 0.25) is 11.9 Å². The number of hydrogen-bond donors (Lipinski definition) is 2. The Kier molecular flexibility index (Phi) is 4.85. The molecular weight excluding hydrogens is 358 g/mol. The molecule has 0 saturated heterocycles. The summed E-state index contributed by atoms with van der Waals surface area (Å²) in [5.41, 5.74) is 1.83. The minimum Gasteiger partial charge on any atom is -0.351 e. The van der Waals surface area contributed by atoms with Gasteiger partial charge in [0, 0.05) is 16.6 Å². The molecule has 0 fully saturated rings. The second-order valence-electron chi connectivity index (χ2n) is 6.56. The lowest BCUT2D eigenvalue weighted by atomic mass is 9.85. The molecule has 0 unspecified atom stereocenters. The molecule has 0 radical (unpaired) electrons. The van der Waals surface area contributed by atoms with Crippen LogP contribution in [0.5, 0.6) is 0 Å². The summed E-state index contributed by atoms with van der Waals surface area (Å²) >= 11 is 1.69. The maximum Gasteiger partial charge on any atom is 0.232 e. The molecule has 0 saturated carbocycles. The van der Waals surface area contributed by atoms with Crippen LogP contribution in [0.25, 0.3) is 0 Å². The summed E-state index contributed by atoms with van der Waals surface area (Å²) in [5, 5.41) is 10.7. The molecule has 7 heteroatoms. The van der Waals surface area contributed by atoms with E-state index in [0.29, 0.717) is 5.95 Å². The first-order chi connectivity index (χ1) is 13.2. The van der Waals surface area contributed by atoms with Crippen LogP contribution in [0.2, 0.25) is 0 Å². The van der Waals surface area contributed by atoms with E-state index < -0.39 is 0 Å². The van der Waals surface area contributed by atoms with Crippen LogP contribution < -0.4 is 10.6 Å². The van der Waals surface area contributed by atoms with Crippen molar-refractivity contribution in [3.05, 3.63) is 66.5 Å². The van der Waals surface area contributed by atoms with Crippen LogP contribution in [0.4, 0.5) is 11.6 Å². The molecule has 1 amide bonds. The van der Waals surface area contributed by atoms with Crippen molar-refractivity contribution in [1.82, 2.24) is 14.8 Å². The maximum absolute atomic E-state index is 13.2. The lowest BCUT2D eigenvalue weighted by molar-refractivity contribution is -0.121. The molecule has 138 valence electrons. The summed E-state index contributed by atoms with van der Waals surface area (Å²) in [6, 6.07) is 17.5. The van der Waals surface area contributed by atoms with Gasteiger partial charge in [-0.3, -0.25) is 4.79 Å². The number of thioether (sulfide) groups is 1. The monoisotopic (exact) mass is 379 g/mol. The zero-order valence-corrected chi connectivity index (χ0v) is 16.0. The summed E-state index contributed by atoms with van der Waals surface area (Å²) in [5.74, 6) is 0.311. The van der Waals surface area contributed by atoms with Gasteiger partial charge in [0.25, 0.3) is 0 Å². The number of carbonyl (C=O) groups excluding carboxylic acids is 1. The number of fused-ring (bicyclic) bond motifs is 1. The van der Waals surface area contributed by atoms with E-state index in [4.69, 9.17) is 0 Å². The lowest BCUT2D eigenvalue weighted by Crippen LogP contribution is -2.46. The smallest absolute Gasteiger partial charge is 0.232 e. The van der Waals surface area contributed by atoms with Gasteiger partial charge >= 0.3 is 0 Å². The molecule has 0 aliphatic carbocycles. The Bertz CT molecular complexity index is 925. The lowest BCUT2D eigenvalue weighted by Gasteiger charge is -2.36. The molecule has 2 aromatic carbocycles. The quantitative estimate of drug-likeness (QED) is 0.677. The maximum atomic E-state index is 13.2. The SMILES string of the molecule is CSc1ccc([C@@H]2[C@@H](C(=O)Nc3ccccc3)[C@@H](C)Nc3ncnn32)cc1. The molecule has 1 aliphatic heterocycles. The van der Waals surface area contributed by atoms with Crippen molar-refractivity contribution < 1.29 is 4.79 Å². The number of para-hydroxylation sites is 1. The van der Waals surface area contributed by atoms with Crippen LogP contribution in [0, 0.1) is 5.92 Å². The van der Waals surface area contributed by atoms with E-state index in [1.165, 1.54) is 11.2 Å². The fourth-order valence-electron chi connectivity index (χ4n) is 3.54. The number of nitrogens with zero attached hydrogens (tertiary/aromatic N) is 3. The van der Waals surface area contributed by atoms with E-state index in [-0.39, 0.29) is 23.9 Å². The molecule has 27 heavy (non-hydrogen) atoms. The van der Waals surface area contributed by atoms with E-state index in [2.05, 4.69) is 45.0 Å². The number of benzene rings is 2. The molecule has 1 aromatic heterocycles. The summed E-state index contributed by atoms with van der Waals surface area (Å²) in [6.45, 7) is 2.01. The molecular formula is C20H21N5OS. The Balaban J connectivity index is 1.71. The van der Waals surface area contributed by atoms with Crippen molar-refractivity contribution in [3.63, 3.8) is 0 Å². The number of hydrogen-bond acceptors (Lipinski definition) is 5. The molecule has 4 rings (SSSR count). The standard InChI is InChI=1S/C20H21N5OS/c1-13-17(19(26)24-15-6-4-3-5-7-15)18(25-20(23-13)21-12-22-25)14-8-10-16(27-2)11-9-14/h3-13,17-18H,1-2H3,(H,24,26)(H,21,22,23)/t13-,17+,18-/m1/s1. The largest absolute Gasteiger partial charge is 0.351 e. The Morgan fingerprint density at radius 1 is 1.15 bits per heavy atom. The highest BCUT2D eigenvalue weighted by molar-refractivity contribution is 7.98. The normalized spacial score (nSPS) is 21.2. The van der Waals surface area contributed by atoms with E-state index >= 15 is 0 Å². The highest BCUT2D eigenvalue weighted by atomic mass is 32.2. The van der Waals surface area contributed by atoms with Gasteiger partial charge in [-0.25, -0.2) is 4.68 Å². The third kappa shape index (κ3) is 3.42. The molecule has 3 atom stereocenters. The molecule has 0 bridgehead atoms. The number of nitrogens with one attached hydrogen (secondary N) is 2. The predicted molar refractivity (Wildman–Crippen MR) is 108 cm³/mol. The summed E-state index contributed by atoms with van der Waals surface area (Å²) in [7, 11) is 0. The van der Waals surface area contributed by atoms with Gasteiger partial charge in [0.05, 0.1) is 12.0 Å². The fraction of sp³-hybridized carbons (Fsp3) is 0.250. The Morgan fingerprint density at radius 2 is 1.89 bits per heavy atom. The van der Waals surface area contributed by atoms with E-state index in [9.17, 15) is 4.79 Å². The van der Waals surface area contributed by atoms with Crippen molar-refractivity contribution in [2.45, 2.75) is 23.9 Å². The van der Waals surface area contributed by atoms with Crippen molar-refractivity contribution in [2.24, 2.45) is 5.92 Å². The van der Waals surface area contributed by atoms with E-state index in [0.717, 1.165) is 11.3 Å². The second-order valence-corrected chi connectivity index (χ2v) is 7.44. The summed E-state index contributed by atoms with van der Waals surface area (Å²) in [4.78, 5) is 18.7. The van der Waals surface area contributed by atoms with Gasteiger partial charge in [-0.15, -0.1) is 11.8 Å². The zero-order valence-electron chi connectivity index (χ0n) is 15.2. The van der Waals surface area contributed by atoms with Gasteiger partial charge in [-0.2, -0.15) is 10.1 Å². The zero-order chi connectivity index (χ0) is 18.8. The number of amides is 1. The first-order valence-electron chi connectivity index (χ1n) is 8.83. The molecule has 1 aliphatic rings. The van der Waals surface area contributed by atoms with Crippen LogP contribution in [-0.4, -0.2) is 33.0 Å². The number of rotatable bonds is 4. The van der Waals surface area contributed by atoms with E-state index in [1.54, 1.807) is 11.8 Å². The molecule has 2 N–H and O–H groups in total. The number of anilines is 2. The fourth-order valence-corrected chi connectivity index (χ4v) is 3.95. The minimum absolute atomic E-state index is 0.0405. The van der Waals surface area contributed by atoms with Crippen LogP contribution >= 0.6 is 11.8 Å². The Morgan fingerprint density at radius 3 is 2.59 bits per heavy atom. The first kappa shape index (κ1) is 17.6.